The van der Waals surface area contributed by atoms with E-state index in [1.165, 1.54) is 16.8 Å². The summed E-state index contributed by atoms with van der Waals surface area (Å²) in [4.78, 5) is 16.7. The molecule has 1 aliphatic rings. The van der Waals surface area contributed by atoms with Gasteiger partial charge in [0, 0.05) is 51.2 Å². The van der Waals surface area contributed by atoms with E-state index in [0.717, 1.165) is 52.5 Å². The Morgan fingerprint density at radius 3 is 2.79 bits per heavy atom. The van der Waals surface area contributed by atoms with Crippen molar-refractivity contribution >= 4 is 5.97 Å². The fourth-order valence-electron chi connectivity index (χ4n) is 3.69. The molecule has 0 spiro atoms. The van der Waals surface area contributed by atoms with Gasteiger partial charge in [-0.05, 0) is 31.5 Å². The molecule has 0 amide bonds. The molecule has 0 unspecified atom stereocenters. The zero-order valence-corrected chi connectivity index (χ0v) is 17.7. The third-order valence-electron chi connectivity index (χ3n) is 5.24. The lowest BCUT2D eigenvalue weighted by Gasteiger charge is -2.30. The molecule has 2 aromatic rings. The normalized spacial score (nSPS) is 15.0. The van der Waals surface area contributed by atoms with E-state index in [0.29, 0.717) is 13.2 Å². The van der Waals surface area contributed by atoms with Gasteiger partial charge in [0.25, 0.3) is 0 Å². The van der Waals surface area contributed by atoms with E-state index in [4.69, 9.17) is 9.47 Å². The first-order valence-electron chi connectivity index (χ1n) is 10.5. The van der Waals surface area contributed by atoms with Gasteiger partial charge in [0.1, 0.15) is 0 Å². The number of rotatable bonds is 10. The first kappa shape index (κ1) is 21.6. The van der Waals surface area contributed by atoms with Crippen molar-refractivity contribution in [3.8, 4) is 0 Å². The molecule has 1 aromatic carbocycles. The largest absolute Gasteiger partial charge is 0.465 e. The number of hydrogen-bond donors (Lipinski definition) is 0. The number of aryl methyl sites for hydroxylation is 1. The summed E-state index contributed by atoms with van der Waals surface area (Å²) in [6.07, 6.45) is 2.11. The fourth-order valence-corrected chi connectivity index (χ4v) is 3.69. The van der Waals surface area contributed by atoms with Gasteiger partial charge in [-0.2, -0.15) is 0 Å². The van der Waals surface area contributed by atoms with Gasteiger partial charge in [0.15, 0.2) is 0 Å². The minimum atomic E-state index is -0.161. The van der Waals surface area contributed by atoms with E-state index in [-0.39, 0.29) is 5.97 Å². The van der Waals surface area contributed by atoms with Crippen LogP contribution in [0, 0.1) is 6.92 Å². The molecule has 1 aliphatic heterocycles. The average molecular weight is 400 g/mol. The lowest BCUT2D eigenvalue weighted by Crippen LogP contribution is -2.42. The Hall–Kier alpha value is -2.15. The first-order valence-corrected chi connectivity index (χ1v) is 10.5. The summed E-state index contributed by atoms with van der Waals surface area (Å²) >= 11 is 0. The second kappa shape index (κ2) is 11.1. The molecule has 6 heteroatoms. The van der Waals surface area contributed by atoms with Gasteiger partial charge >= 0.3 is 5.97 Å². The molecule has 29 heavy (non-hydrogen) atoms. The van der Waals surface area contributed by atoms with E-state index in [9.17, 15) is 4.79 Å². The Morgan fingerprint density at radius 1 is 1.21 bits per heavy atom. The molecule has 1 aromatic heterocycles. The predicted octanol–water partition coefficient (Wildman–Crippen LogP) is 2.54. The van der Waals surface area contributed by atoms with E-state index in [1.807, 2.05) is 6.92 Å². The van der Waals surface area contributed by atoms with Crippen LogP contribution < -0.4 is 0 Å². The molecule has 0 bridgehead atoms. The molecule has 0 atom stereocenters. The van der Waals surface area contributed by atoms with E-state index < -0.39 is 0 Å². The first-order chi connectivity index (χ1) is 14.1. The number of nitrogens with zero attached hydrogens (tertiary/aromatic N) is 3. The van der Waals surface area contributed by atoms with E-state index in [1.54, 1.807) is 0 Å². The molecule has 0 N–H and O–H groups in total. The van der Waals surface area contributed by atoms with Crippen molar-refractivity contribution in [3.63, 3.8) is 0 Å². The van der Waals surface area contributed by atoms with Crippen molar-refractivity contribution in [2.45, 2.75) is 26.9 Å². The topological polar surface area (TPSA) is 46.9 Å². The fraction of sp³-hybridized carbons (Fsp3) is 0.522. The van der Waals surface area contributed by atoms with Crippen LogP contribution in [0.5, 0.6) is 0 Å². The van der Waals surface area contributed by atoms with Crippen LogP contribution in [0.15, 0.2) is 42.6 Å². The minimum Gasteiger partial charge on any atom is -0.465 e. The number of carbonyl (C=O) groups excluding carboxylic acids is 1. The molecule has 0 radical (unpaired) electrons. The van der Waals surface area contributed by atoms with Gasteiger partial charge in [-0.3, -0.25) is 14.6 Å². The van der Waals surface area contributed by atoms with Crippen molar-refractivity contribution in [1.82, 2.24) is 14.4 Å². The third-order valence-corrected chi connectivity index (χ3v) is 5.24. The maximum absolute atomic E-state index is 12.1. The number of ether oxygens (including phenoxy) is 2. The summed E-state index contributed by atoms with van der Waals surface area (Å²) in [5, 5.41) is 0. The molecule has 3 rings (SSSR count). The van der Waals surface area contributed by atoms with Crippen LogP contribution in [0.2, 0.25) is 0 Å². The zero-order valence-electron chi connectivity index (χ0n) is 17.7. The van der Waals surface area contributed by atoms with Crippen LogP contribution in [-0.2, 0) is 27.4 Å². The molecule has 2 heterocycles. The second-order valence-corrected chi connectivity index (χ2v) is 7.59. The van der Waals surface area contributed by atoms with Crippen LogP contribution in [0.25, 0.3) is 0 Å². The highest BCUT2D eigenvalue weighted by molar-refractivity contribution is 5.71. The van der Waals surface area contributed by atoms with Gasteiger partial charge < -0.3 is 14.0 Å². The maximum atomic E-state index is 12.1. The van der Waals surface area contributed by atoms with E-state index >= 15 is 0 Å². The number of benzene rings is 1. The third kappa shape index (κ3) is 6.99. The summed E-state index contributed by atoms with van der Waals surface area (Å²) in [6.45, 7) is 11.5. The molecular formula is C23H33N3O3. The molecule has 0 saturated carbocycles. The molecular weight excluding hydrogens is 366 g/mol. The van der Waals surface area contributed by atoms with Gasteiger partial charge in [-0.15, -0.1) is 0 Å². The summed E-state index contributed by atoms with van der Waals surface area (Å²) in [7, 11) is 0. The van der Waals surface area contributed by atoms with Crippen LogP contribution in [-0.4, -0.2) is 72.9 Å². The van der Waals surface area contributed by atoms with Crippen LogP contribution >= 0.6 is 0 Å². The standard InChI is InChI=1S/C23H33N3O3/c1-3-29-23(27)19-25(11-10-24-12-14-28-15-13-24)18-22-8-5-9-26(22)17-21-7-4-6-20(2)16-21/h4-9,16H,3,10-15,17-19H2,1-2H3. The van der Waals surface area contributed by atoms with Crippen LogP contribution in [0.4, 0.5) is 0 Å². The molecule has 1 saturated heterocycles. The number of morpholine rings is 1. The Balaban J connectivity index is 1.64. The highest BCUT2D eigenvalue weighted by Gasteiger charge is 2.17. The second-order valence-electron chi connectivity index (χ2n) is 7.59. The summed E-state index contributed by atoms with van der Waals surface area (Å²) in [6, 6.07) is 12.8. The number of esters is 1. The van der Waals surface area contributed by atoms with Crippen molar-refractivity contribution in [1.29, 1.82) is 0 Å². The summed E-state index contributed by atoms with van der Waals surface area (Å²) in [5.41, 5.74) is 3.76. The molecule has 1 fully saturated rings. The highest BCUT2D eigenvalue weighted by atomic mass is 16.5. The van der Waals surface area contributed by atoms with Crippen molar-refractivity contribution < 1.29 is 14.3 Å². The monoisotopic (exact) mass is 399 g/mol. The predicted molar refractivity (Wildman–Crippen MR) is 114 cm³/mol. The van der Waals surface area contributed by atoms with Gasteiger partial charge in [0.2, 0.25) is 0 Å². The quantitative estimate of drug-likeness (QED) is 0.575. The summed E-state index contributed by atoms with van der Waals surface area (Å²) < 4.78 is 12.9. The van der Waals surface area contributed by atoms with E-state index in [2.05, 4.69) is 63.9 Å². The van der Waals surface area contributed by atoms with Crippen molar-refractivity contribution in [2.24, 2.45) is 0 Å². The number of carbonyl (C=O) groups is 1. The lowest BCUT2D eigenvalue weighted by atomic mass is 10.1. The Morgan fingerprint density at radius 2 is 2.03 bits per heavy atom. The molecule has 0 aliphatic carbocycles. The minimum absolute atomic E-state index is 0.161. The zero-order chi connectivity index (χ0) is 20.5. The number of hydrogen-bond acceptors (Lipinski definition) is 5. The maximum Gasteiger partial charge on any atom is 0.320 e. The highest BCUT2D eigenvalue weighted by Crippen LogP contribution is 2.12. The Kier molecular flexibility index (Phi) is 8.28. The van der Waals surface area contributed by atoms with Gasteiger partial charge in [0.05, 0.1) is 26.4 Å². The molecule has 6 nitrogen and oxygen atoms in total. The van der Waals surface area contributed by atoms with Crippen molar-refractivity contribution in [2.75, 3.05) is 52.5 Å². The lowest BCUT2D eigenvalue weighted by molar-refractivity contribution is -0.144. The number of aromatic nitrogens is 1. The van der Waals surface area contributed by atoms with Crippen LogP contribution in [0.3, 0.4) is 0 Å². The SMILES string of the molecule is CCOC(=O)CN(CCN1CCOCC1)Cc1cccn1Cc1cccc(C)c1. The Bertz CT molecular complexity index is 768. The van der Waals surface area contributed by atoms with Gasteiger partial charge in [-0.25, -0.2) is 0 Å². The summed E-state index contributed by atoms with van der Waals surface area (Å²) in [5.74, 6) is -0.161. The smallest absolute Gasteiger partial charge is 0.320 e. The van der Waals surface area contributed by atoms with Crippen molar-refractivity contribution in [3.05, 3.63) is 59.4 Å². The molecule has 158 valence electrons. The average Bonchev–Trinajstić information content (AvgIpc) is 3.13. The van der Waals surface area contributed by atoms with Crippen LogP contribution in [0.1, 0.15) is 23.7 Å². The van der Waals surface area contributed by atoms with Gasteiger partial charge in [-0.1, -0.05) is 29.8 Å². The Labute approximate surface area is 174 Å².